The highest BCUT2D eigenvalue weighted by atomic mass is 16.5. The summed E-state index contributed by atoms with van der Waals surface area (Å²) in [6, 6.07) is 0. The minimum absolute atomic E-state index is 0.266. The largest absolute Gasteiger partial charge is 0.633 e. The van der Waals surface area contributed by atoms with E-state index in [9.17, 15) is 5.21 Å². The molecule has 0 radical (unpaired) electrons. The molecule has 1 unspecified atom stereocenters. The number of hydroxylamine groups is 2. The summed E-state index contributed by atoms with van der Waals surface area (Å²) >= 11 is 0. The van der Waals surface area contributed by atoms with Crippen LogP contribution in [0.15, 0.2) is 12.3 Å². The van der Waals surface area contributed by atoms with Crippen LogP contribution in [0.2, 0.25) is 0 Å². The van der Waals surface area contributed by atoms with Crippen molar-refractivity contribution in [1.29, 1.82) is 0 Å². The summed E-state index contributed by atoms with van der Waals surface area (Å²) in [7, 11) is 0. The van der Waals surface area contributed by atoms with Gasteiger partial charge in [-0.1, -0.05) is 0 Å². The summed E-state index contributed by atoms with van der Waals surface area (Å²) in [5.41, 5.74) is 0. The van der Waals surface area contributed by atoms with E-state index in [2.05, 4.69) is 5.32 Å². The Morgan fingerprint density at radius 3 is 2.86 bits per heavy atom. The van der Waals surface area contributed by atoms with Crippen molar-refractivity contribution in [2.24, 2.45) is 0 Å². The average molecular weight is 100 g/mol. The second-order valence-corrected chi connectivity index (χ2v) is 1.53. The molecule has 0 saturated carbocycles. The Bertz CT molecular complexity index is 81.8. The third-order valence-electron chi connectivity index (χ3n) is 0.880. The number of hydrogen-bond acceptors (Lipinski definition) is 2. The van der Waals surface area contributed by atoms with Gasteiger partial charge >= 0.3 is 0 Å². The summed E-state index contributed by atoms with van der Waals surface area (Å²) in [6.07, 6.45) is 3.63. The van der Waals surface area contributed by atoms with Crippen molar-refractivity contribution in [3.8, 4) is 0 Å². The quantitative estimate of drug-likeness (QED) is 0.361. The SMILES string of the molecule is [O-][NH+]1CC=CNC1. The second kappa shape index (κ2) is 1.95. The number of quaternary nitrogens is 1. The van der Waals surface area contributed by atoms with Gasteiger partial charge < -0.3 is 15.6 Å². The van der Waals surface area contributed by atoms with Gasteiger partial charge in [0, 0.05) is 6.20 Å². The summed E-state index contributed by atoms with van der Waals surface area (Å²) < 4.78 is 0. The van der Waals surface area contributed by atoms with E-state index >= 15 is 0 Å². The normalized spacial score (nSPS) is 29.6. The molecular formula is C4H8N2O. The zero-order valence-electron chi connectivity index (χ0n) is 3.98. The van der Waals surface area contributed by atoms with Crippen molar-refractivity contribution in [2.45, 2.75) is 0 Å². The van der Waals surface area contributed by atoms with Gasteiger partial charge in [0.2, 0.25) is 0 Å². The fourth-order valence-corrected chi connectivity index (χ4v) is 0.519. The molecule has 0 fully saturated rings. The maximum atomic E-state index is 10.3. The fourth-order valence-electron chi connectivity index (χ4n) is 0.519. The zero-order chi connectivity index (χ0) is 5.11. The smallest absolute Gasteiger partial charge is 0.150 e. The highest BCUT2D eigenvalue weighted by molar-refractivity contribution is 4.79. The molecule has 2 N–H and O–H groups in total. The number of hydrogen-bond donors (Lipinski definition) is 2. The van der Waals surface area contributed by atoms with Crippen LogP contribution in [-0.2, 0) is 0 Å². The van der Waals surface area contributed by atoms with Crippen LogP contribution in [0.4, 0.5) is 0 Å². The van der Waals surface area contributed by atoms with Crippen molar-refractivity contribution in [2.75, 3.05) is 13.2 Å². The van der Waals surface area contributed by atoms with Crippen LogP contribution in [0.25, 0.3) is 0 Å². The standard InChI is InChI=1S/C4H8N2O/c7-6-3-1-2-5-4-6/h1-2,5-6H,3-4H2. The van der Waals surface area contributed by atoms with E-state index in [-0.39, 0.29) is 5.06 Å². The molecule has 1 atom stereocenters. The molecule has 3 heteroatoms. The summed E-state index contributed by atoms with van der Waals surface area (Å²) in [4.78, 5) is 0. The number of nitrogens with one attached hydrogen (secondary N) is 2. The molecule has 1 rings (SSSR count). The first-order valence-corrected chi connectivity index (χ1v) is 2.30. The van der Waals surface area contributed by atoms with E-state index in [4.69, 9.17) is 0 Å². The van der Waals surface area contributed by atoms with Crippen LogP contribution >= 0.6 is 0 Å². The zero-order valence-corrected chi connectivity index (χ0v) is 3.98. The Balaban J connectivity index is 2.32. The number of rotatable bonds is 0. The first-order chi connectivity index (χ1) is 3.39. The summed E-state index contributed by atoms with van der Waals surface area (Å²) in [5.74, 6) is 0. The third kappa shape index (κ3) is 1.17. The Morgan fingerprint density at radius 2 is 2.57 bits per heavy atom. The highest BCUT2D eigenvalue weighted by Gasteiger charge is 1.93. The van der Waals surface area contributed by atoms with Gasteiger partial charge in [0.1, 0.15) is 6.67 Å². The van der Waals surface area contributed by atoms with Crippen LogP contribution in [0.3, 0.4) is 0 Å². The molecule has 3 nitrogen and oxygen atoms in total. The Morgan fingerprint density at radius 1 is 1.71 bits per heavy atom. The van der Waals surface area contributed by atoms with Crippen molar-refractivity contribution < 1.29 is 5.06 Å². The average Bonchev–Trinajstić information content (AvgIpc) is 1.69. The molecule has 0 saturated heterocycles. The van der Waals surface area contributed by atoms with Crippen molar-refractivity contribution in [1.82, 2.24) is 5.32 Å². The molecule has 1 aliphatic heterocycles. The molecule has 0 aromatic heterocycles. The van der Waals surface area contributed by atoms with Crippen LogP contribution in [0.5, 0.6) is 0 Å². The van der Waals surface area contributed by atoms with Crippen LogP contribution < -0.4 is 10.4 Å². The van der Waals surface area contributed by atoms with Gasteiger partial charge in [-0.15, -0.1) is 0 Å². The Kier molecular flexibility index (Phi) is 1.29. The van der Waals surface area contributed by atoms with Crippen molar-refractivity contribution in [3.63, 3.8) is 0 Å². The van der Waals surface area contributed by atoms with Gasteiger partial charge in [0.05, 0.1) is 6.54 Å². The Hall–Kier alpha value is -0.540. The summed E-state index contributed by atoms with van der Waals surface area (Å²) in [6.45, 7) is 1.11. The lowest BCUT2D eigenvalue weighted by atomic mass is 10.5. The molecule has 1 aliphatic rings. The topological polar surface area (TPSA) is 39.5 Å². The van der Waals surface area contributed by atoms with Crippen molar-refractivity contribution in [3.05, 3.63) is 17.5 Å². The summed E-state index contributed by atoms with van der Waals surface area (Å²) in [5, 5.41) is 13.4. The first kappa shape index (κ1) is 4.61. The predicted octanol–water partition coefficient (Wildman–Crippen LogP) is -1.56. The molecule has 0 aromatic rings. The molecule has 0 spiro atoms. The molecular weight excluding hydrogens is 92.1 g/mol. The first-order valence-electron chi connectivity index (χ1n) is 2.30. The van der Waals surface area contributed by atoms with Gasteiger partial charge in [0.15, 0.2) is 0 Å². The van der Waals surface area contributed by atoms with Gasteiger partial charge in [-0.2, -0.15) is 0 Å². The lowest BCUT2D eigenvalue weighted by Gasteiger charge is -2.22. The van der Waals surface area contributed by atoms with Crippen LogP contribution in [-0.4, -0.2) is 13.2 Å². The minimum Gasteiger partial charge on any atom is -0.633 e. The van der Waals surface area contributed by atoms with Gasteiger partial charge in [-0.25, -0.2) is 0 Å². The van der Waals surface area contributed by atoms with E-state index < -0.39 is 0 Å². The monoisotopic (exact) mass is 100 g/mol. The Labute approximate surface area is 42.2 Å². The van der Waals surface area contributed by atoms with Crippen molar-refractivity contribution >= 4 is 0 Å². The predicted molar refractivity (Wildman–Crippen MR) is 26.3 cm³/mol. The maximum absolute atomic E-state index is 10.3. The van der Waals surface area contributed by atoms with Gasteiger partial charge in [-0.3, -0.25) is 0 Å². The molecule has 7 heavy (non-hydrogen) atoms. The van der Waals surface area contributed by atoms with E-state index in [1.54, 1.807) is 6.20 Å². The van der Waals surface area contributed by atoms with E-state index in [1.165, 1.54) is 0 Å². The van der Waals surface area contributed by atoms with E-state index in [0.717, 1.165) is 0 Å². The molecule has 1 heterocycles. The molecule has 40 valence electrons. The third-order valence-corrected chi connectivity index (χ3v) is 0.880. The molecule has 0 amide bonds. The van der Waals surface area contributed by atoms with Crippen LogP contribution in [0.1, 0.15) is 0 Å². The fraction of sp³-hybridized carbons (Fsp3) is 0.500. The molecule has 0 aliphatic carbocycles. The van der Waals surface area contributed by atoms with E-state index in [1.807, 2.05) is 6.08 Å². The minimum atomic E-state index is 0.266. The lowest BCUT2D eigenvalue weighted by Crippen LogP contribution is -3.09. The van der Waals surface area contributed by atoms with Gasteiger partial charge in [-0.05, 0) is 6.08 Å². The molecule has 0 aromatic carbocycles. The van der Waals surface area contributed by atoms with Gasteiger partial charge in [0.25, 0.3) is 0 Å². The van der Waals surface area contributed by atoms with Crippen LogP contribution in [0, 0.1) is 5.21 Å². The maximum Gasteiger partial charge on any atom is 0.150 e. The second-order valence-electron chi connectivity index (χ2n) is 1.53. The molecule has 0 bridgehead atoms. The highest BCUT2D eigenvalue weighted by Crippen LogP contribution is 1.63. The lowest BCUT2D eigenvalue weighted by molar-refractivity contribution is -0.845. The van der Waals surface area contributed by atoms with E-state index in [0.29, 0.717) is 13.2 Å².